The Hall–Kier alpha value is -4.74. The van der Waals surface area contributed by atoms with E-state index in [-0.39, 0.29) is 33.4 Å². The molecule has 13 nitrogen and oxygen atoms in total. The van der Waals surface area contributed by atoms with Gasteiger partial charge in [0.05, 0.1) is 22.5 Å². The average molecular weight is 655 g/mol. The van der Waals surface area contributed by atoms with E-state index >= 15 is 0 Å². The Morgan fingerprint density at radius 3 is 2.00 bits per heavy atom. The summed E-state index contributed by atoms with van der Waals surface area (Å²) in [6.45, 7) is 0. The maximum absolute atomic E-state index is 13.1. The SMILES string of the molecule is CS(=O)(=O)Nc1ccc(C(=O)Nc2cc(S(=O)(=O)O)cc3cc(S(=O)(=O)O)c(N=Nc4cccc5ccccc45)cc23)cc1. The summed E-state index contributed by atoms with van der Waals surface area (Å²) in [5.74, 6) is -0.748. The van der Waals surface area contributed by atoms with E-state index in [4.69, 9.17) is 0 Å². The highest BCUT2D eigenvalue weighted by atomic mass is 32.2. The zero-order valence-corrected chi connectivity index (χ0v) is 25.0. The fraction of sp³-hybridized carbons (Fsp3) is 0.0357. The number of carbonyl (C=O) groups excluding carboxylic acids is 1. The van der Waals surface area contributed by atoms with Gasteiger partial charge in [0.25, 0.3) is 26.1 Å². The highest BCUT2D eigenvalue weighted by Crippen LogP contribution is 2.37. The van der Waals surface area contributed by atoms with E-state index in [1.54, 1.807) is 24.3 Å². The molecule has 0 aliphatic carbocycles. The molecule has 226 valence electrons. The molecule has 0 aromatic heterocycles. The molecule has 0 heterocycles. The van der Waals surface area contributed by atoms with Gasteiger partial charge in [0, 0.05) is 22.0 Å². The third-order valence-electron chi connectivity index (χ3n) is 6.31. The fourth-order valence-electron chi connectivity index (χ4n) is 4.39. The number of rotatable bonds is 8. The van der Waals surface area contributed by atoms with E-state index in [0.717, 1.165) is 35.2 Å². The predicted octanol–water partition coefficient (Wildman–Crippen LogP) is 5.53. The number of hydrogen-bond acceptors (Lipinski definition) is 9. The normalized spacial score (nSPS) is 12.5. The molecule has 0 fully saturated rings. The number of amides is 1. The van der Waals surface area contributed by atoms with Gasteiger partial charge < -0.3 is 5.32 Å². The molecule has 0 saturated heterocycles. The smallest absolute Gasteiger partial charge is 0.296 e. The van der Waals surface area contributed by atoms with Crippen molar-refractivity contribution >= 4 is 80.5 Å². The molecule has 0 bridgehead atoms. The van der Waals surface area contributed by atoms with Crippen molar-refractivity contribution in [3.05, 3.63) is 96.6 Å². The molecule has 5 aromatic carbocycles. The van der Waals surface area contributed by atoms with Gasteiger partial charge in [-0.15, -0.1) is 10.2 Å². The molecule has 44 heavy (non-hydrogen) atoms. The molecule has 4 N–H and O–H groups in total. The molecule has 0 radical (unpaired) electrons. The van der Waals surface area contributed by atoms with E-state index in [1.165, 1.54) is 30.3 Å². The number of fused-ring (bicyclic) bond motifs is 2. The zero-order valence-electron chi connectivity index (χ0n) is 22.5. The van der Waals surface area contributed by atoms with Gasteiger partial charge >= 0.3 is 0 Å². The highest BCUT2D eigenvalue weighted by molar-refractivity contribution is 7.92. The molecule has 5 rings (SSSR count). The van der Waals surface area contributed by atoms with Crippen molar-refractivity contribution in [2.75, 3.05) is 16.3 Å². The predicted molar refractivity (Wildman–Crippen MR) is 165 cm³/mol. The fourth-order valence-corrected chi connectivity index (χ4v) is 6.14. The van der Waals surface area contributed by atoms with Crippen LogP contribution < -0.4 is 10.0 Å². The molecule has 1 amide bonds. The van der Waals surface area contributed by atoms with Crippen molar-refractivity contribution < 1.29 is 39.2 Å². The van der Waals surface area contributed by atoms with Crippen molar-refractivity contribution in [2.45, 2.75) is 9.79 Å². The second kappa shape index (κ2) is 11.4. The zero-order chi connectivity index (χ0) is 31.9. The summed E-state index contributed by atoms with van der Waals surface area (Å²) < 4.78 is 93.7. The van der Waals surface area contributed by atoms with Crippen LogP contribution in [-0.2, 0) is 30.3 Å². The maximum Gasteiger partial charge on any atom is 0.296 e. The number of sulfonamides is 1. The summed E-state index contributed by atoms with van der Waals surface area (Å²) in [6, 6.07) is 21.9. The summed E-state index contributed by atoms with van der Waals surface area (Å²) in [6.07, 6.45) is 0.963. The lowest BCUT2D eigenvalue weighted by atomic mass is 10.1. The summed E-state index contributed by atoms with van der Waals surface area (Å²) in [7, 11) is -13.3. The maximum atomic E-state index is 13.1. The van der Waals surface area contributed by atoms with E-state index in [2.05, 4.69) is 20.3 Å². The van der Waals surface area contributed by atoms with Gasteiger partial charge in [0.2, 0.25) is 10.0 Å². The van der Waals surface area contributed by atoms with Crippen molar-refractivity contribution in [2.24, 2.45) is 10.2 Å². The van der Waals surface area contributed by atoms with Crippen LogP contribution in [0.25, 0.3) is 21.5 Å². The standard InChI is InChI=1S/C28H22N4O9S3/c1-42(34,35)32-20-11-9-18(10-12-20)28(33)29-25-15-21(43(36,37)38)13-19-14-27(44(39,40)41)26(16-23(19)25)31-30-24-8-4-6-17-5-2-3-7-22(17)24/h2-16,32H,1H3,(H,29,33)(H,36,37,38)(H,39,40,41). The number of nitrogens with zero attached hydrogens (tertiary/aromatic N) is 2. The van der Waals surface area contributed by atoms with E-state index in [9.17, 15) is 39.2 Å². The highest BCUT2D eigenvalue weighted by Gasteiger charge is 2.22. The first kappa shape index (κ1) is 30.7. The molecule has 0 aliphatic heterocycles. The van der Waals surface area contributed by atoms with Gasteiger partial charge in [-0.1, -0.05) is 36.4 Å². The summed E-state index contributed by atoms with van der Waals surface area (Å²) in [5.41, 5.74) is 0.177. The molecule has 0 unspecified atom stereocenters. The van der Waals surface area contributed by atoms with Crippen LogP contribution in [0.1, 0.15) is 10.4 Å². The van der Waals surface area contributed by atoms with Crippen molar-refractivity contribution in [1.82, 2.24) is 0 Å². The van der Waals surface area contributed by atoms with Crippen molar-refractivity contribution in [3.63, 3.8) is 0 Å². The van der Waals surface area contributed by atoms with Crippen LogP contribution in [0.5, 0.6) is 0 Å². The third-order valence-corrected chi connectivity index (χ3v) is 8.63. The van der Waals surface area contributed by atoms with Crippen LogP contribution in [0.2, 0.25) is 0 Å². The monoisotopic (exact) mass is 654 g/mol. The van der Waals surface area contributed by atoms with Gasteiger partial charge in [-0.05, 0) is 65.4 Å². The van der Waals surface area contributed by atoms with Gasteiger partial charge in [-0.3, -0.25) is 18.6 Å². The van der Waals surface area contributed by atoms with E-state index < -0.39 is 46.0 Å². The second-order valence-corrected chi connectivity index (χ2v) is 14.1. The van der Waals surface area contributed by atoms with Gasteiger partial charge in [-0.25, -0.2) is 8.42 Å². The minimum atomic E-state index is -4.92. The Bertz CT molecular complexity index is 2320. The lowest BCUT2D eigenvalue weighted by molar-refractivity contribution is 0.102. The number of azo groups is 1. The Morgan fingerprint density at radius 2 is 1.34 bits per heavy atom. The number of benzene rings is 5. The number of anilines is 2. The summed E-state index contributed by atoms with van der Waals surface area (Å²) in [5, 5.41) is 12.4. The Morgan fingerprint density at radius 1 is 0.682 bits per heavy atom. The molecule has 5 aromatic rings. The van der Waals surface area contributed by atoms with E-state index in [0.29, 0.717) is 5.69 Å². The first-order valence-electron chi connectivity index (χ1n) is 12.4. The van der Waals surface area contributed by atoms with Crippen LogP contribution in [0.15, 0.2) is 111 Å². The number of hydrogen-bond donors (Lipinski definition) is 4. The molecule has 0 aliphatic rings. The molecular formula is C28H22N4O9S3. The first-order valence-corrected chi connectivity index (χ1v) is 17.2. The average Bonchev–Trinajstić information content (AvgIpc) is 2.94. The van der Waals surface area contributed by atoms with Crippen LogP contribution in [0.4, 0.5) is 22.7 Å². The minimum Gasteiger partial charge on any atom is -0.321 e. The molecule has 0 saturated carbocycles. The largest absolute Gasteiger partial charge is 0.321 e. The molecule has 16 heteroatoms. The van der Waals surface area contributed by atoms with Gasteiger partial charge in [0.1, 0.15) is 10.6 Å². The summed E-state index contributed by atoms with van der Waals surface area (Å²) >= 11 is 0. The third kappa shape index (κ3) is 6.90. The number of carbonyl (C=O) groups is 1. The van der Waals surface area contributed by atoms with Crippen molar-refractivity contribution in [1.29, 1.82) is 0 Å². The van der Waals surface area contributed by atoms with Gasteiger partial charge in [-0.2, -0.15) is 16.8 Å². The lowest BCUT2D eigenvalue weighted by Crippen LogP contribution is -2.14. The van der Waals surface area contributed by atoms with Crippen LogP contribution in [0, 0.1) is 0 Å². The molecule has 0 atom stereocenters. The van der Waals surface area contributed by atoms with Crippen molar-refractivity contribution in [3.8, 4) is 0 Å². The minimum absolute atomic E-state index is 0.0554. The topological polar surface area (TPSA) is 209 Å². The lowest BCUT2D eigenvalue weighted by Gasteiger charge is -2.13. The van der Waals surface area contributed by atoms with E-state index in [1.807, 2.05) is 18.2 Å². The Balaban J connectivity index is 1.64. The molecular weight excluding hydrogens is 633 g/mol. The van der Waals surface area contributed by atoms with Crippen LogP contribution in [-0.4, -0.2) is 46.5 Å². The molecule has 0 spiro atoms. The Kier molecular flexibility index (Phi) is 7.96. The second-order valence-electron chi connectivity index (χ2n) is 9.57. The quantitative estimate of drug-likeness (QED) is 0.122. The van der Waals surface area contributed by atoms with Gasteiger partial charge in [0.15, 0.2) is 0 Å². The Labute approximate surface area is 251 Å². The first-order chi connectivity index (χ1) is 20.6. The summed E-state index contributed by atoms with van der Waals surface area (Å²) in [4.78, 5) is 11.8. The number of nitrogens with one attached hydrogen (secondary N) is 2. The van der Waals surface area contributed by atoms with Crippen LogP contribution >= 0.6 is 0 Å². The van der Waals surface area contributed by atoms with Crippen LogP contribution in [0.3, 0.4) is 0 Å².